The molecule has 1 heterocycles. The van der Waals surface area contributed by atoms with E-state index in [1.54, 1.807) is 12.1 Å². The molecule has 3 rings (SSSR count). The first kappa shape index (κ1) is 23.4. The number of carbonyl (C=O) groups excluding carboxylic acids is 1. The second-order valence-corrected chi connectivity index (χ2v) is 10.1. The Morgan fingerprint density at radius 2 is 1.90 bits per heavy atom. The van der Waals surface area contributed by atoms with E-state index in [1.165, 1.54) is 38.1 Å². The first-order chi connectivity index (χ1) is 14.9. The Hall–Kier alpha value is -2.22. The fourth-order valence-electron chi connectivity index (χ4n) is 3.92. The van der Waals surface area contributed by atoms with Crippen molar-refractivity contribution in [3.05, 3.63) is 65.7 Å². The number of hydrogen-bond donors (Lipinski definition) is 2. The van der Waals surface area contributed by atoms with Gasteiger partial charge in [0.15, 0.2) is 0 Å². The van der Waals surface area contributed by atoms with Gasteiger partial charge in [0.1, 0.15) is 0 Å². The number of amides is 1. The van der Waals surface area contributed by atoms with Crippen LogP contribution in [0.3, 0.4) is 0 Å². The summed E-state index contributed by atoms with van der Waals surface area (Å²) in [6.07, 6.45) is 4.55. The lowest BCUT2D eigenvalue weighted by atomic mass is 10.0. The molecular weight excluding hydrogens is 410 g/mol. The maximum absolute atomic E-state index is 12.6. The second-order valence-electron chi connectivity index (χ2n) is 8.35. The zero-order chi connectivity index (χ0) is 22.1. The highest BCUT2D eigenvalue weighted by Gasteiger charge is 2.17. The predicted octanol–water partition coefficient (Wildman–Crippen LogP) is 3.41. The van der Waals surface area contributed by atoms with Crippen molar-refractivity contribution in [2.24, 2.45) is 5.92 Å². The molecular formula is C24H33N3O3S. The van der Waals surface area contributed by atoms with Crippen LogP contribution >= 0.6 is 0 Å². The molecule has 7 heteroatoms. The van der Waals surface area contributed by atoms with Gasteiger partial charge in [0.2, 0.25) is 10.0 Å². The van der Waals surface area contributed by atoms with E-state index in [4.69, 9.17) is 0 Å². The van der Waals surface area contributed by atoms with Crippen molar-refractivity contribution in [1.29, 1.82) is 0 Å². The molecule has 1 saturated heterocycles. The molecule has 0 spiro atoms. The number of nitrogens with one attached hydrogen (secondary N) is 2. The van der Waals surface area contributed by atoms with Crippen LogP contribution in [0.1, 0.15) is 48.5 Å². The summed E-state index contributed by atoms with van der Waals surface area (Å²) >= 11 is 0. The van der Waals surface area contributed by atoms with Crippen molar-refractivity contribution in [1.82, 2.24) is 14.9 Å². The van der Waals surface area contributed by atoms with Crippen LogP contribution in [0.2, 0.25) is 0 Å². The lowest BCUT2D eigenvalue weighted by Crippen LogP contribution is -2.35. The van der Waals surface area contributed by atoms with E-state index >= 15 is 0 Å². The minimum atomic E-state index is -3.70. The molecule has 2 aromatic carbocycles. The van der Waals surface area contributed by atoms with Gasteiger partial charge in [-0.2, -0.15) is 0 Å². The van der Waals surface area contributed by atoms with Gasteiger partial charge in [0.05, 0.1) is 4.90 Å². The molecule has 1 aliphatic heterocycles. The van der Waals surface area contributed by atoms with Crippen molar-refractivity contribution in [3.8, 4) is 0 Å². The molecule has 0 aliphatic carbocycles. The summed E-state index contributed by atoms with van der Waals surface area (Å²) in [5.41, 5.74) is 1.23. The normalized spacial score (nSPS) is 17.4. The smallest absolute Gasteiger partial charge is 0.251 e. The van der Waals surface area contributed by atoms with Crippen LogP contribution in [0.5, 0.6) is 0 Å². The first-order valence-electron chi connectivity index (χ1n) is 11.1. The van der Waals surface area contributed by atoms with E-state index in [-0.39, 0.29) is 17.3 Å². The van der Waals surface area contributed by atoms with E-state index < -0.39 is 10.0 Å². The van der Waals surface area contributed by atoms with Gasteiger partial charge < -0.3 is 10.2 Å². The summed E-state index contributed by atoms with van der Waals surface area (Å²) in [6, 6.07) is 15.5. The molecule has 0 aromatic heterocycles. The third kappa shape index (κ3) is 7.45. The third-order valence-electron chi connectivity index (χ3n) is 5.64. The number of hydrogen-bond acceptors (Lipinski definition) is 4. The summed E-state index contributed by atoms with van der Waals surface area (Å²) in [7, 11) is -3.70. The van der Waals surface area contributed by atoms with Crippen LogP contribution < -0.4 is 10.0 Å². The van der Waals surface area contributed by atoms with Crippen LogP contribution in [-0.4, -0.2) is 45.4 Å². The first-order valence-corrected chi connectivity index (χ1v) is 12.6. The molecule has 168 valence electrons. The third-order valence-corrected chi connectivity index (χ3v) is 7.04. The maximum Gasteiger partial charge on any atom is 0.251 e. The molecule has 0 saturated carbocycles. The Bertz CT molecular complexity index is 948. The average molecular weight is 444 g/mol. The van der Waals surface area contributed by atoms with E-state index in [0.29, 0.717) is 12.1 Å². The minimum Gasteiger partial charge on any atom is -0.352 e. The van der Waals surface area contributed by atoms with Crippen molar-refractivity contribution < 1.29 is 13.2 Å². The fourth-order valence-corrected chi connectivity index (χ4v) is 4.98. The number of benzene rings is 2. The number of likely N-dealkylation sites (tertiary alicyclic amines) is 1. The number of unbranched alkanes of at least 4 members (excludes halogenated alkanes) is 1. The van der Waals surface area contributed by atoms with Crippen molar-refractivity contribution in [2.75, 3.05) is 26.2 Å². The number of rotatable bonds is 10. The molecule has 1 aliphatic rings. The SMILES string of the molecule is CC1CCCN(CCCCNC(=O)c2cccc(S(=O)(=O)NCc3ccccc3)c2)C1. The quantitative estimate of drug-likeness (QED) is 0.552. The zero-order valence-corrected chi connectivity index (χ0v) is 19.0. The van der Waals surface area contributed by atoms with Crippen LogP contribution in [0, 0.1) is 5.92 Å². The van der Waals surface area contributed by atoms with E-state index in [1.807, 2.05) is 30.3 Å². The van der Waals surface area contributed by atoms with Gasteiger partial charge in [0, 0.05) is 25.2 Å². The zero-order valence-electron chi connectivity index (χ0n) is 18.2. The highest BCUT2D eigenvalue weighted by molar-refractivity contribution is 7.89. The van der Waals surface area contributed by atoms with Gasteiger partial charge in [-0.25, -0.2) is 13.1 Å². The molecule has 1 unspecified atom stereocenters. The maximum atomic E-state index is 12.6. The van der Waals surface area contributed by atoms with Crippen molar-refractivity contribution in [2.45, 2.75) is 44.0 Å². The van der Waals surface area contributed by atoms with Crippen molar-refractivity contribution in [3.63, 3.8) is 0 Å². The molecule has 1 fully saturated rings. The van der Waals surface area contributed by atoms with E-state index in [2.05, 4.69) is 21.9 Å². The Morgan fingerprint density at radius 3 is 2.68 bits per heavy atom. The molecule has 0 radical (unpaired) electrons. The highest BCUT2D eigenvalue weighted by atomic mass is 32.2. The number of nitrogens with zero attached hydrogens (tertiary/aromatic N) is 1. The van der Waals surface area contributed by atoms with Crippen LogP contribution in [0.25, 0.3) is 0 Å². The van der Waals surface area contributed by atoms with Gasteiger partial charge in [-0.3, -0.25) is 4.79 Å². The van der Waals surface area contributed by atoms with Gasteiger partial charge in [-0.05, 0) is 68.5 Å². The fraction of sp³-hybridized carbons (Fsp3) is 0.458. The summed E-state index contributed by atoms with van der Waals surface area (Å²) in [5.74, 6) is 0.533. The van der Waals surface area contributed by atoms with E-state index in [9.17, 15) is 13.2 Å². The second kappa shape index (κ2) is 11.4. The minimum absolute atomic E-state index is 0.0929. The van der Waals surface area contributed by atoms with Gasteiger partial charge in [-0.1, -0.05) is 43.3 Å². The summed E-state index contributed by atoms with van der Waals surface area (Å²) in [5, 5.41) is 2.91. The average Bonchev–Trinajstić information content (AvgIpc) is 2.78. The largest absolute Gasteiger partial charge is 0.352 e. The lowest BCUT2D eigenvalue weighted by Gasteiger charge is -2.30. The Kier molecular flexibility index (Phi) is 8.63. The molecule has 0 bridgehead atoms. The Labute approximate surface area is 186 Å². The highest BCUT2D eigenvalue weighted by Crippen LogP contribution is 2.16. The molecule has 1 amide bonds. The van der Waals surface area contributed by atoms with Crippen molar-refractivity contribution >= 4 is 15.9 Å². The number of carbonyl (C=O) groups is 1. The Balaban J connectivity index is 1.45. The topological polar surface area (TPSA) is 78.5 Å². The standard InChI is InChI=1S/C24H33N3O3S/c1-20-9-8-16-27(19-20)15-6-5-14-25-24(28)22-12-7-13-23(17-22)31(29,30)26-18-21-10-3-2-4-11-21/h2-4,7,10-13,17,20,26H,5-6,8-9,14-16,18-19H2,1H3,(H,25,28). The lowest BCUT2D eigenvalue weighted by molar-refractivity contribution is 0.0952. The Morgan fingerprint density at radius 1 is 1.10 bits per heavy atom. The number of sulfonamides is 1. The molecule has 2 N–H and O–H groups in total. The number of piperidine rings is 1. The monoisotopic (exact) mass is 443 g/mol. The molecule has 2 aromatic rings. The molecule has 1 atom stereocenters. The van der Waals surface area contributed by atoms with E-state index in [0.717, 1.165) is 30.9 Å². The predicted molar refractivity (Wildman–Crippen MR) is 123 cm³/mol. The summed E-state index contributed by atoms with van der Waals surface area (Å²) < 4.78 is 27.8. The summed E-state index contributed by atoms with van der Waals surface area (Å²) in [6.45, 7) is 6.52. The van der Waals surface area contributed by atoms with Gasteiger partial charge in [0.25, 0.3) is 5.91 Å². The molecule has 6 nitrogen and oxygen atoms in total. The van der Waals surface area contributed by atoms with Crippen LogP contribution in [0.4, 0.5) is 0 Å². The van der Waals surface area contributed by atoms with Crippen LogP contribution in [0.15, 0.2) is 59.5 Å². The summed E-state index contributed by atoms with van der Waals surface area (Å²) in [4.78, 5) is 15.1. The van der Waals surface area contributed by atoms with Crippen LogP contribution in [-0.2, 0) is 16.6 Å². The van der Waals surface area contributed by atoms with Gasteiger partial charge in [-0.15, -0.1) is 0 Å². The molecule has 31 heavy (non-hydrogen) atoms. The van der Waals surface area contributed by atoms with Gasteiger partial charge >= 0.3 is 0 Å².